The van der Waals surface area contributed by atoms with Gasteiger partial charge < -0.3 is 0 Å². The molecule has 0 spiro atoms. The van der Waals surface area contributed by atoms with E-state index in [1.807, 2.05) is 24.3 Å². The minimum absolute atomic E-state index is 0.810. The lowest BCUT2D eigenvalue weighted by Gasteiger charge is -2.19. The zero-order valence-corrected chi connectivity index (χ0v) is 19.6. The number of benzene rings is 3. The highest BCUT2D eigenvalue weighted by molar-refractivity contribution is 6.09. The van der Waals surface area contributed by atoms with Crippen LogP contribution >= 0.6 is 0 Å². The van der Waals surface area contributed by atoms with Crippen molar-refractivity contribution in [2.24, 2.45) is 0 Å². The molecule has 0 N–H and O–H groups in total. The summed E-state index contributed by atoms with van der Waals surface area (Å²) in [5, 5.41) is 6.96. The van der Waals surface area contributed by atoms with Gasteiger partial charge in [0.15, 0.2) is 5.65 Å². The van der Waals surface area contributed by atoms with Gasteiger partial charge >= 0.3 is 0 Å². The predicted octanol–water partition coefficient (Wildman–Crippen LogP) is 8.23. The van der Waals surface area contributed by atoms with Gasteiger partial charge in [0.2, 0.25) is 0 Å². The number of unbranched alkanes of at least 4 members (excludes halogenated alkanes) is 2. The van der Waals surface area contributed by atoms with Crippen LogP contribution in [0.5, 0.6) is 0 Å². The summed E-state index contributed by atoms with van der Waals surface area (Å²) in [6.45, 7) is 2.28. The summed E-state index contributed by atoms with van der Waals surface area (Å²) < 4.78 is 0. The van der Waals surface area contributed by atoms with E-state index in [4.69, 9.17) is 0 Å². The van der Waals surface area contributed by atoms with Crippen molar-refractivity contribution in [1.82, 2.24) is 9.97 Å². The second-order valence-electron chi connectivity index (χ2n) is 9.09. The van der Waals surface area contributed by atoms with E-state index in [0.717, 1.165) is 11.0 Å². The summed E-state index contributed by atoms with van der Waals surface area (Å²) in [6.07, 6.45) is 13.9. The van der Waals surface area contributed by atoms with E-state index in [1.54, 1.807) is 23.5 Å². The third kappa shape index (κ3) is 4.61. The molecule has 2 nitrogen and oxygen atoms in total. The molecule has 33 heavy (non-hydrogen) atoms. The molecule has 0 atom stereocenters. The van der Waals surface area contributed by atoms with Crippen LogP contribution in [0.1, 0.15) is 55.7 Å². The Labute approximate surface area is 196 Å². The van der Waals surface area contributed by atoms with Crippen molar-refractivity contribution < 1.29 is 0 Å². The molecule has 0 bridgehead atoms. The van der Waals surface area contributed by atoms with Crippen LogP contribution in [0.4, 0.5) is 0 Å². The number of hydrogen-bond donors (Lipinski definition) is 0. The van der Waals surface area contributed by atoms with Gasteiger partial charge in [-0.15, -0.1) is 0 Å². The Balaban J connectivity index is 0.000000190. The van der Waals surface area contributed by atoms with Crippen LogP contribution in [0.25, 0.3) is 32.6 Å². The molecule has 0 unspecified atom stereocenters. The van der Waals surface area contributed by atoms with Crippen LogP contribution in [-0.4, -0.2) is 9.97 Å². The molecule has 166 valence electrons. The lowest BCUT2D eigenvalue weighted by molar-refractivity contribution is 0.690. The average molecular weight is 433 g/mol. The monoisotopic (exact) mass is 432 g/mol. The summed E-state index contributed by atoms with van der Waals surface area (Å²) >= 11 is 0. The van der Waals surface area contributed by atoms with Crippen LogP contribution in [0, 0.1) is 0 Å². The molecule has 2 heteroatoms. The van der Waals surface area contributed by atoms with Gasteiger partial charge in [-0.1, -0.05) is 62.2 Å². The molecule has 2 aromatic heterocycles. The summed E-state index contributed by atoms with van der Waals surface area (Å²) in [7, 11) is 0. The van der Waals surface area contributed by atoms with E-state index in [9.17, 15) is 0 Å². The van der Waals surface area contributed by atoms with Crippen LogP contribution in [-0.2, 0) is 19.3 Å². The minimum atomic E-state index is 0.810. The fourth-order valence-corrected chi connectivity index (χ4v) is 5.18. The smallest absolute Gasteiger partial charge is 0.159 e. The van der Waals surface area contributed by atoms with Crippen LogP contribution in [0.15, 0.2) is 79.1 Å². The second kappa shape index (κ2) is 10.1. The number of aromatic nitrogens is 2. The Morgan fingerprint density at radius 2 is 1.39 bits per heavy atom. The van der Waals surface area contributed by atoms with Gasteiger partial charge in [0.1, 0.15) is 0 Å². The van der Waals surface area contributed by atoms with E-state index in [0.29, 0.717) is 0 Å². The molecule has 0 aliphatic heterocycles. The standard InChI is InChI=1S/C23H26.C8H6N2/c1-2-3-4-8-17-10-7-12-21-20(17)15-16-22-19-11-6-5-9-18(19)13-14-23(21)22;1-3-7-4-2-6-10-8(7)9-5-1/h7,10,12-16H,2-6,8-9,11H2,1H3;1-6H. The van der Waals surface area contributed by atoms with Gasteiger partial charge in [0, 0.05) is 17.8 Å². The number of hydrogen-bond acceptors (Lipinski definition) is 2. The lowest BCUT2D eigenvalue weighted by Crippen LogP contribution is -2.03. The van der Waals surface area contributed by atoms with Gasteiger partial charge in [0.05, 0.1) is 0 Å². The van der Waals surface area contributed by atoms with E-state index in [-0.39, 0.29) is 0 Å². The summed E-state index contributed by atoms with van der Waals surface area (Å²) in [5.41, 5.74) is 5.54. The zero-order valence-electron chi connectivity index (χ0n) is 19.6. The first-order valence-electron chi connectivity index (χ1n) is 12.5. The molecule has 0 saturated carbocycles. The van der Waals surface area contributed by atoms with Crippen molar-refractivity contribution >= 4 is 32.6 Å². The summed E-state index contributed by atoms with van der Waals surface area (Å²) in [6, 6.07) is 24.2. The van der Waals surface area contributed by atoms with Crippen LogP contribution < -0.4 is 0 Å². The second-order valence-corrected chi connectivity index (χ2v) is 9.09. The van der Waals surface area contributed by atoms with E-state index >= 15 is 0 Å². The molecule has 0 amide bonds. The van der Waals surface area contributed by atoms with Crippen molar-refractivity contribution in [3.63, 3.8) is 0 Å². The van der Waals surface area contributed by atoms with Gasteiger partial charge in [-0.2, -0.15) is 0 Å². The molecule has 5 aromatic rings. The molecule has 1 aliphatic carbocycles. The van der Waals surface area contributed by atoms with Crippen molar-refractivity contribution in [3.8, 4) is 0 Å². The number of rotatable bonds is 4. The number of aryl methyl sites for hydroxylation is 3. The first-order chi connectivity index (χ1) is 16.3. The normalized spacial score (nSPS) is 13.0. The van der Waals surface area contributed by atoms with Gasteiger partial charge in [0.25, 0.3) is 0 Å². The van der Waals surface area contributed by atoms with Crippen molar-refractivity contribution in [3.05, 3.63) is 95.8 Å². The van der Waals surface area contributed by atoms with E-state index < -0.39 is 0 Å². The molecule has 2 heterocycles. The Morgan fingerprint density at radius 3 is 2.18 bits per heavy atom. The maximum atomic E-state index is 4.07. The largest absolute Gasteiger partial charge is 0.237 e. The highest BCUT2D eigenvalue weighted by Gasteiger charge is 2.14. The molecular weight excluding hydrogens is 400 g/mol. The molecule has 1 aliphatic rings. The molecule has 6 rings (SSSR count). The summed E-state index contributed by atoms with van der Waals surface area (Å²) in [5.74, 6) is 0. The molecule has 0 fully saturated rings. The number of fused-ring (bicyclic) bond motifs is 6. The maximum Gasteiger partial charge on any atom is 0.159 e. The molecule has 3 aromatic carbocycles. The maximum absolute atomic E-state index is 4.07. The van der Waals surface area contributed by atoms with Gasteiger partial charge in [-0.3, -0.25) is 0 Å². The first kappa shape index (κ1) is 21.6. The average Bonchev–Trinajstić information content (AvgIpc) is 2.89. The fraction of sp³-hybridized carbons (Fsp3) is 0.290. The Morgan fingerprint density at radius 1 is 0.667 bits per heavy atom. The van der Waals surface area contributed by atoms with Crippen molar-refractivity contribution in [1.29, 1.82) is 0 Å². The number of nitrogens with zero attached hydrogens (tertiary/aromatic N) is 2. The topological polar surface area (TPSA) is 25.8 Å². The lowest BCUT2D eigenvalue weighted by atomic mass is 9.86. The number of pyridine rings is 2. The first-order valence-corrected chi connectivity index (χ1v) is 12.5. The zero-order chi connectivity index (χ0) is 22.5. The minimum Gasteiger partial charge on any atom is -0.237 e. The van der Waals surface area contributed by atoms with E-state index in [2.05, 4.69) is 59.4 Å². The van der Waals surface area contributed by atoms with Gasteiger partial charge in [-0.25, -0.2) is 9.97 Å². The third-order valence-corrected chi connectivity index (χ3v) is 6.91. The van der Waals surface area contributed by atoms with Crippen LogP contribution in [0.2, 0.25) is 0 Å². The van der Waals surface area contributed by atoms with Crippen molar-refractivity contribution in [2.75, 3.05) is 0 Å². The Bertz CT molecular complexity index is 1320. The Hall–Kier alpha value is -3.26. The van der Waals surface area contributed by atoms with Crippen molar-refractivity contribution in [2.45, 2.75) is 58.3 Å². The fourth-order valence-electron chi connectivity index (χ4n) is 5.18. The van der Waals surface area contributed by atoms with Crippen LogP contribution in [0.3, 0.4) is 0 Å². The van der Waals surface area contributed by atoms with Gasteiger partial charge in [-0.05, 0) is 101 Å². The molecule has 0 radical (unpaired) electrons. The SMILES string of the molecule is CCCCCc1cccc2c1ccc1c3c(ccc12)CCCC3.c1cnc2ncccc2c1. The molecular formula is C31H32N2. The quantitative estimate of drug-likeness (QED) is 0.211. The Kier molecular flexibility index (Phi) is 6.62. The summed E-state index contributed by atoms with van der Waals surface area (Å²) in [4.78, 5) is 8.14. The highest BCUT2D eigenvalue weighted by Crippen LogP contribution is 2.34. The third-order valence-electron chi connectivity index (χ3n) is 6.91. The predicted molar refractivity (Wildman–Crippen MR) is 141 cm³/mol. The van der Waals surface area contributed by atoms with E-state index in [1.165, 1.54) is 78.5 Å². The highest BCUT2D eigenvalue weighted by atomic mass is 14.8. The molecule has 0 saturated heterocycles.